The molecule has 0 aliphatic carbocycles. The second kappa shape index (κ2) is 13.2. The van der Waals surface area contributed by atoms with Crippen LogP contribution in [0.15, 0.2) is 72.8 Å². The van der Waals surface area contributed by atoms with Gasteiger partial charge in [0.25, 0.3) is 0 Å². The molecular weight excluding hydrogens is 508 g/mol. The number of aliphatic hydroxyl groups is 1. The van der Waals surface area contributed by atoms with Gasteiger partial charge in [0.05, 0.1) is 12.6 Å². The van der Waals surface area contributed by atoms with Crippen LogP contribution in [0.4, 0.5) is 16.2 Å². The van der Waals surface area contributed by atoms with E-state index in [2.05, 4.69) is 5.32 Å². The number of carboxylic acids is 1. The zero-order valence-electron chi connectivity index (χ0n) is 21.7. The Hall–Kier alpha value is -3.75. The number of hydrogen-bond acceptors (Lipinski definition) is 6. The maximum absolute atomic E-state index is 12.9. The van der Waals surface area contributed by atoms with Crippen LogP contribution in [-0.4, -0.2) is 52.5 Å². The van der Waals surface area contributed by atoms with Crippen LogP contribution in [-0.2, 0) is 16.0 Å². The van der Waals surface area contributed by atoms with Gasteiger partial charge in [-0.2, -0.15) is 0 Å². The molecule has 8 nitrogen and oxygen atoms in total. The second-order valence-corrected chi connectivity index (χ2v) is 10.2. The molecule has 0 aromatic heterocycles. The van der Waals surface area contributed by atoms with Crippen LogP contribution in [0.2, 0.25) is 5.02 Å². The maximum atomic E-state index is 12.9. The van der Waals surface area contributed by atoms with Gasteiger partial charge in [0.1, 0.15) is 11.4 Å². The summed E-state index contributed by atoms with van der Waals surface area (Å²) in [5.41, 5.74) is 2.67. The molecule has 0 spiro atoms. The van der Waals surface area contributed by atoms with Gasteiger partial charge >= 0.3 is 12.1 Å². The van der Waals surface area contributed by atoms with Gasteiger partial charge in [0.15, 0.2) is 6.61 Å². The molecule has 0 aliphatic rings. The largest absolute Gasteiger partial charge is 0.482 e. The molecule has 0 radical (unpaired) electrons. The lowest BCUT2D eigenvalue weighted by atomic mass is 10.1. The molecule has 0 saturated carbocycles. The van der Waals surface area contributed by atoms with Crippen LogP contribution in [0, 0.1) is 0 Å². The Morgan fingerprint density at radius 3 is 2.21 bits per heavy atom. The third-order valence-corrected chi connectivity index (χ3v) is 5.64. The Kier molecular flexibility index (Phi) is 9.98. The smallest absolute Gasteiger partial charge is 0.410 e. The average molecular weight is 541 g/mol. The molecule has 3 aromatic rings. The topological polar surface area (TPSA) is 108 Å². The Labute approximate surface area is 227 Å². The SMILES string of the molecule is CC(C)(C)OC(=O)N(CCc1ccc(Nc2ccc(OCC(=O)O)cc2)cc1)C[C@H](O)c1cccc(Cl)c1. The van der Waals surface area contributed by atoms with E-state index in [-0.39, 0.29) is 13.2 Å². The second-order valence-electron chi connectivity index (χ2n) is 9.78. The first-order valence-electron chi connectivity index (χ1n) is 12.2. The van der Waals surface area contributed by atoms with Gasteiger partial charge in [-0.05, 0) is 86.8 Å². The molecule has 1 atom stereocenters. The molecule has 0 aliphatic heterocycles. The highest BCUT2D eigenvalue weighted by molar-refractivity contribution is 6.30. The van der Waals surface area contributed by atoms with E-state index in [1.165, 1.54) is 4.90 Å². The minimum Gasteiger partial charge on any atom is -0.482 e. The number of carbonyl (C=O) groups excluding carboxylic acids is 1. The van der Waals surface area contributed by atoms with Crippen molar-refractivity contribution in [1.82, 2.24) is 4.90 Å². The van der Waals surface area contributed by atoms with Crippen molar-refractivity contribution in [1.29, 1.82) is 0 Å². The molecule has 0 fully saturated rings. The van der Waals surface area contributed by atoms with Crippen molar-refractivity contribution in [2.24, 2.45) is 0 Å². The highest BCUT2D eigenvalue weighted by Gasteiger charge is 2.24. The zero-order chi connectivity index (χ0) is 27.7. The highest BCUT2D eigenvalue weighted by atomic mass is 35.5. The number of amides is 1. The maximum Gasteiger partial charge on any atom is 0.410 e. The molecular formula is C29H33ClN2O6. The van der Waals surface area contributed by atoms with E-state index in [0.29, 0.717) is 29.3 Å². The van der Waals surface area contributed by atoms with Crippen LogP contribution in [0.3, 0.4) is 0 Å². The summed E-state index contributed by atoms with van der Waals surface area (Å²) in [6.45, 7) is 5.45. The standard InChI is InChI=1S/C29H33ClN2O6/c1-29(2,3)38-28(36)32(18-26(33)21-5-4-6-22(30)17-21)16-15-20-7-9-23(10-8-20)31-24-11-13-25(14-12-24)37-19-27(34)35/h4-14,17,26,31,33H,15-16,18-19H2,1-3H3,(H,34,35)/t26-/m0/s1. The van der Waals surface area contributed by atoms with Gasteiger partial charge in [-0.1, -0.05) is 35.9 Å². The van der Waals surface area contributed by atoms with E-state index in [9.17, 15) is 14.7 Å². The van der Waals surface area contributed by atoms with Crippen molar-refractivity contribution in [3.8, 4) is 5.75 Å². The summed E-state index contributed by atoms with van der Waals surface area (Å²) in [6, 6.07) is 21.7. The lowest BCUT2D eigenvalue weighted by Crippen LogP contribution is -2.40. The predicted octanol–water partition coefficient (Wildman–Crippen LogP) is 6.06. The van der Waals surface area contributed by atoms with Crippen LogP contribution in [0.25, 0.3) is 0 Å². The Morgan fingerprint density at radius 1 is 1.00 bits per heavy atom. The fraction of sp³-hybridized carbons (Fsp3) is 0.310. The number of rotatable bonds is 11. The van der Waals surface area contributed by atoms with Crippen LogP contribution in [0.1, 0.15) is 38.0 Å². The molecule has 0 saturated heterocycles. The summed E-state index contributed by atoms with van der Waals surface area (Å²) in [4.78, 5) is 25.0. The van der Waals surface area contributed by atoms with Crippen molar-refractivity contribution in [3.63, 3.8) is 0 Å². The van der Waals surface area contributed by atoms with E-state index in [4.69, 9.17) is 26.2 Å². The van der Waals surface area contributed by atoms with Gasteiger partial charge in [0, 0.05) is 22.9 Å². The van der Waals surface area contributed by atoms with E-state index >= 15 is 0 Å². The molecule has 3 N–H and O–H groups in total. The molecule has 3 aromatic carbocycles. The summed E-state index contributed by atoms with van der Waals surface area (Å²) in [7, 11) is 0. The quantitative estimate of drug-likeness (QED) is 0.271. The first-order chi connectivity index (χ1) is 18.0. The number of aliphatic hydroxyl groups excluding tert-OH is 1. The molecule has 9 heteroatoms. The molecule has 3 rings (SSSR count). The minimum atomic E-state index is -1.03. The van der Waals surface area contributed by atoms with Gasteiger partial charge in [-0.25, -0.2) is 9.59 Å². The van der Waals surface area contributed by atoms with Crippen molar-refractivity contribution < 1.29 is 29.3 Å². The Balaban J connectivity index is 1.61. The fourth-order valence-corrected chi connectivity index (χ4v) is 3.78. The van der Waals surface area contributed by atoms with Crippen LogP contribution in [0.5, 0.6) is 5.75 Å². The van der Waals surface area contributed by atoms with E-state index in [0.717, 1.165) is 16.9 Å². The molecule has 38 heavy (non-hydrogen) atoms. The molecule has 0 heterocycles. The number of nitrogens with zero attached hydrogens (tertiary/aromatic N) is 1. The van der Waals surface area contributed by atoms with Crippen LogP contribution >= 0.6 is 11.6 Å². The molecule has 0 unspecified atom stereocenters. The number of carboxylic acid groups (broad SMARTS) is 1. The first kappa shape index (κ1) is 28.8. The summed E-state index contributed by atoms with van der Waals surface area (Å²) in [5, 5.41) is 23.3. The number of halogens is 1. The number of benzene rings is 3. The van der Waals surface area contributed by atoms with E-state index in [1.54, 1.807) is 69.3 Å². The van der Waals surface area contributed by atoms with Gasteiger partial charge in [-0.3, -0.25) is 0 Å². The number of nitrogens with one attached hydrogen (secondary N) is 1. The van der Waals surface area contributed by atoms with Gasteiger partial charge < -0.3 is 29.9 Å². The van der Waals surface area contributed by atoms with Crippen LogP contribution < -0.4 is 10.1 Å². The highest BCUT2D eigenvalue weighted by Crippen LogP contribution is 2.22. The van der Waals surface area contributed by atoms with Crippen molar-refractivity contribution in [3.05, 3.63) is 88.9 Å². The summed E-state index contributed by atoms with van der Waals surface area (Å²) >= 11 is 6.06. The minimum absolute atomic E-state index is 0.0705. The van der Waals surface area contributed by atoms with E-state index < -0.39 is 23.8 Å². The number of hydrogen-bond donors (Lipinski definition) is 3. The number of carbonyl (C=O) groups is 2. The monoisotopic (exact) mass is 540 g/mol. The predicted molar refractivity (Wildman–Crippen MR) is 147 cm³/mol. The molecule has 202 valence electrons. The fourth-order valence-electron chi connectivity index (χ4n) is 3.58. The van der Waals surface area contributed by atoms with Gasteiger partial charge in [-0.15, -0.1) is 0 Å². The van der Waals surface area contributed by atoms with Crippen molar-refractivity contribution in [2.75, 3.05) is 25.0 Å². The summed E-state index contributed by atoms with van der Waals surface area (Å²) < 4.78 is 10.7. The number of aliphatic carboxylic acids is 1. The van der Waals surface area contributed by atoms with E-state index in [1.807, 2.05) is 24.3 Å². The summed E-state index contributed by atoms with van der Waals surface area (Å²) in [6.07, 6.45) is -0.835. The van der Waals surface area contributed by atoms with Gasteiger partial charge in [0.2, 0.25) is 0 Å². The first-order valence-corrected chi connectivity index (χ1v) is 12.6. The Morgan fingerprint density at radius 2 is 1.63 bits per heavy atom. The number of ether oxygens (including phenoxy) is 2. The Bertz CT molecular complexity index is 1210. The zero-order valence-corrected chi connectivity index (χ0v) is 22.4. The molecule has 1 amide bonds. The lowest BCUT2D eigenvalue weighted by Gasteiger charge is -2.29. The average Bonchev–Trinajstić information content (AvgIpc) is 2.85. The van der Waals surface area contributed by atoms with Crippen molar-refractivity contribution >= 4 is 35.0 Å². The molecule has 0 bridgehead atoms. The summed E-state index contributed by atoms with van der Waals surface area (Å²) in [5.74, 6) is -0.554. The lowest BCUT2D eigenvalue weighted by molar-refractivity contribution is -0.139. The third kappa shape index (κ3) is 9.61. The number of anilines is 2. The normalized spacial score (nSPS) is 11.9. The van der Waals surface area contributed by atoms with Crippen molar-refractivity contribution in [2.45, 2.75) is 38.9 Å². The third-order valence-electron chi connectivity index (χ3n) is 5.41.